The number of thiazole rings is 1. The first-order valence-electron chi connectivity index (χ1n) is 9.25. The zero-order valence-corrected chi connectivity index (χ0v) is 17.8. The molecule has 2 saturated heterocycles. The average molecular weight is 469 g/mol. The number of nitriles is 1. The van der Waals surface area contributed by atoms with E-state index in [1.807, 2.05) is 17.5 Å². The molecular weight excluding hydrogens is 452 g/mol. The van der Waals surface area contributed by atoms with Crippen LogP contribution >= 0.6 is 27.3 Å². The minimum absolute atomic E-state index is 0.0559. The van der Waals surface area contributed by atoms with Gasteiger partial charge in [0.2, 0.25) is 0 Å². The molecule has 9 heteroatoms. The third kappa shape index (κ3) is 3.17. The van der Waals surface area contributed by atoms with Gasteiger partial charge in [0, 0.05) is 41.6 Å². The zero-order valence-electron chi connectivity index (χ0n) is 15.4. The van der Waals surface area contributed by atoms with Crippen molar-refractivity contribution in [2.75, 3.05) is 30.3 Å². The molecule has 0 aliphatic carbocycles. The van der Waals surface area contributed by atoms with E-state index in [1.54, 1.807) is 12.3 Å². The summed E-state index contributed by atoms with van der Waals surface area (Å²) >= 11 is 5.08. The molecule has 3 aromatic rings. The smallest absolute Gasteiger partial charge is 0.141 e. The van der Waals surface area contributed by atoms with Crippen LogP contribution in [0.5, 0.6) is 0 Å². The Morgan fingerprint density at radius 1 is 1.28 bits per heavy atom. The number of anilines is 2. The number of hydrogen-bond donors (Lipinski definition) is 1. The van der Waals surface area contributed by atoms with Crippen LogP contribution < -0.4 is 10.6 Å². The van der Waals surface area contributed by atoms with Crippen LogP contribution in [0.3, 0.4) is 0 Å². The summed E-state index contributed by atoms with van der Waals surface area (Å²) in [6, 6.07) is 7.77. The van der Waals surface area contributed by atoms with Gasteiger partial charge in [-0.05, 0) is 34.5 Å². The molecule has 5 rings (SSSR count). The van der Waals surface area contributed by atoms with Crippen LogP contribution in [0.4, 0.5) is 11.5 Å². The van der Waals surface area contributed by atoms with Gasteiger partial charge in [-0.15, -0.1) is 11.3 Å². The van der Waals surface area contributed by atoms with Gasteiger partial charge < -0.3 is 15.4 Å². The number of pyridine rings is 2. The van der Waals surface area contributed by atoms with E-state index in [4.69, 9.17) is 20.4 Å². The lowest BCUT2D eigenvalue weighted by molar-refractivity contribution is -0.130. The molecule has 146 valence electrons. The number of rotatable bonds is 3. The van der Waals surface area contributed by atoms with Gasteiger partial charge in [-0.3, -0.25) is 0 Å². The topological polar surface area (TPSA) is 101 Å². The zero-order chi connectivity index (χ0) is 20.0. The van der Waals surface area contributed by atoms with Crippen molar-refractivity contribution in [3.8, 4) is 28.2 Å². The van der Waals surface area contributed by atoms with E-state index in [0.717, 1.165) is 53.5 Å². The molecule has 0 saturated carbocycles. The second-order valence-electron chi connectivity index (χ2n) is 7.22. The van der Waals surface area contributed by atoms with Crippen molar-refractivity contribution >= 4 is 38.8 Å². The maximum Gasteiger partial charge on any atom is 0.141 e. The molecule has 2 N–H and O–H groups in total. The van der Waals surface area contributed by atoms with Gasteiger partial charge in [-0.25, -0.2) is 15.0 Å². The Bertz CT molecular complexity index is 1120. The lowest BCUT2D eigenvalue weighted by Gasteiger charge is -2.38. The van der Waals surface area contributed by atoms with Gasteiger partial charge in [-0.2, -0.15) is 5.26 Å². The maximum atomic E-state index is 9.65. The summed E-state index contributed by atoms with van der Waals surface area (Å²) in [6.07, 6.45) is 3.79. The molecule has 5 heterocycles. The summed E-state index contributed by atoms with van der Waals surface area (Å²) < 4.78 is 6.58. The molecule has 0 aromatic carbocycles. The van der Waals surface area contributed by atoms with Crippen molar-refractivity contribution in [1.82, 2.24) is 15.0 Å². The fourth-order valence-corrected chi connectivity index (χ4v) is 4.82. The fraction of sp³-hybridized carbons (Fsp3) is 0.300. The van der Waals surface area contributed by atoms with Crippen molar-refractivity contribution in [1.29, 1.82) is 5.26 Å². The molecular formula is C20H17BrN6OS. The maximum absolute atomic E-state index is 9.65. The van der Waals surface area contributed by atoms with E-state index >= 15 is 0 Å². The van der Waals surface area contributed by atoms with Crippen molar-refractivity contribution in [3.63, 3.8) is 0 Å². The van der Waals surface area contributed by atoms with Gasteiger partial charge in [-0.1, -0.05) is 0 Å². The minimum atomic E-state index is -0.0559. The number of hydrogen-bond acceptors (Lipinski definition) is 8. The van der Waals surface area contributed by atoms with E-state index < -0.39 is 0 Å². The van der Waals surface area contributed by atoms with Gasteiger partial charge in [0.1, 0.15) is 28.3 Å². The highest BCUT2D eigenvalue weighted by atomic mass is 79.9. The highest BCUT2D eigenvalue weighted by Gasteiger charge is 2.45. The van der Waals surface area contributed by atoms with Crippen LogP contribution in [0.2, 0.25) is 0 Å². The van der Waals surface area contributed by atoms with Gasteiger partial charge in [0.05, 0.1) is 29.2 Å². The summed E-state index contributed by atoms with van der Waals surface area (Å²) in [4.78, 5) is 16.1. The summed E-state index contributed by atoms with van der Waals surface area (Å²) in [6.45, 7) is 2.44. The lowest BCUT2D eigenvalue weighted by atomic mass is 9.94. The van der Waals surface area contributed by atoms with Gasteiger partial charge in [0.25, 0.3) is 0 Å². The van der Waals surface area contributed by atoms with Crippen LogP contribution in [0.15, 0.2) is 34.2 Å². The van der Waals surface area contributed by atoms with Crippen LogP contribution in [0.1, 0.15) is 18.4 Å². The summed E-state index contributed by atoms with van der Waals surface area (Å²) in [5, 5.41) is 12.4. The molecule has 0 bridgehead atoms. The predicted molar refractivity (Wildman–Crippen MR) is 116 cm³/mol. The van der Waals surface area contributed by atoms with E-state index in [-0.39, 0.29) is 5.60 Å². The van der Waals surface area contributed by atoms with Gasteiger partial charge >= 0.3 is 0 Å². The largest absolute Gasteiger partial charge is 0.396 e. The van der Waals surface area contributed by atoms with Crippen molar-refractivity contribution in [3.05, 3.63) is 39.8 Å². The molecule has 2 aliphatic heterocycles. The molecule has 2 fully saturated rings. The molecule has 1 atom stereocenters. The van der Waals surface area contributed by atoms with E-state index in [1.165, 1.54) is 11.3 Å². The normalized spacial score (nSPS) is 20.6. The standard InChI is InChI=1S/C20H17BrN6OS/c21-13-1-2-14(19-24-5-8-29-19)25-17(13)18-16(23)12(10-22)9-15(26-18)27-6-3-20(11-27)4-7-28-20/h1-2,5,8-9H,3-4,6-7,11,23H2. The Balaban J connectivity index is 1.60. The van der Waals surface area contributed by atoms with Crippen LogP contribution in [0.25, 0.3) is 22.1 Å². The second-order valence-corrected chi connectivity index (χ2v) is 8.97. The second kappa shape index (κ2) is 7.06. The number of halogens is 1. The molecule has 0 amide bonds. The summed E-state index contributed by atoms with van der Waals surface area (Å²) in [5.41, 5.74) is 8.83. The van der Waals surface area contributed by atoms with Crippen molar-refractivity contribution < 1.29 is 4.74 Å². The Labute approximate surface area is 180 Å². The van der Waals surface area contributed by atoms with E-state index in [9.17, 15) is 5.26 Å². The number of nitrogen functional groups attached to an aromatic ring is 1. The van der Waals surface area contributed by atoms with Gasteiger partial charge in [0.15, 0.2) is 0 Å². The SMILES string of the molecule is N#Cc1cc(N2CCC3(CCO3)C2)nc(-c2nc(-c3nccs3)ccc2Br)c1N. The number of ether oxygens (including phenoxy) is 1. The van der Waals surface area contributed by atoms with Crippen molar-refractivity contribution in [2.45, 2.75) is 18.4 Å². The lowest BCUT2D eigenvalue weighted by Crippen LogP contribution is -2.46. The highest BCUT2D eigenvalue weighted by molar-refractivity contribution is 9.10. The van der Waals surface area contributed by atoms with Crippen LogP contribution in [-0.2, 0) is 4.74 Å². The fourth-order valence-electron chi connectivity index (χ4n) is 3.81. The Morgan fingerprint density at radius 2 is 2.14 bits per heavy atom. The van der Waals surface area contributed by atoms with E-state index in [0.29, 0.717) is 22.6 Å². The predicted octanol–water partition coefficient (Wildman–Crippen LogP) is 3.85. The molecule has 1 unspecified atom stereocenters. The number of nitrogens with zero attached hydrogens (tertiary/aromatic N) is 5. The summed E-state index contributed by atoms with van der Waals surface area (Å²) in [7, 11) is 0. The number of nitrogens with two attached hydrogens (primary N) is 1. The van der Waals surface area contributed by atoms with E-state index in [2.05, 4.69) is 31.9 Å². The first kappa shape index (κ1) is 18.5. The first-order chi connectivity index (χ1) is 14.1. The summed E-state index contributed by atoms with van der Waals surface area (Å²) in [5.74, 6) is 0.728. The van der Waals surface area contributed by atoms with Crippen molar-refractivity contribution in [2.24, 2.45) is 0 Å². The Hall–Kier alpha value is -2.54. The third-order valence-electron chi connectivity index (χ3n) is 5.49. The monoisotopic (exact) mass is 468 g/mol. The first-order valence-corrected chi connectivity index (χ1v) is 10.9. The highest BCUT2D eigenvalue weighted by Crippen LogP contribution is 2.40. The Morgan fingerprint density at radius 3 is 2.79 bits per heavy atom. The average Bonchev–Trinajstić information content (AvgIpc) is 3.39. The minimum Gasteiger partial charge on any atom is -0.396 e. The molecule has 3 aromatic heterocycles. The molecule has 7 nitrogen and oxygen atoms in total. The third-order valence-corrected chi connectivity index (χ3v) is 6.93. The molecule has 29 heavy (non-hydrogen) atoms. The van der Waals surface area contributed by atoms with Crippen LogP contribution in [-0.4, -0.2) is 40.2 Å². The van der Waals surface area contributed by atoms with Crippen LogP contribution in [0, 0.1) is 11.3 Å². The number of aromatic nitrogens is 3. The molecule has 2 aliphatic rings. The molecule has 0 radical (unpaired) electrons. The molecule has 1 spiro atoms. The quantitative estimate of drug-likeness (QED) is 0.622. The Kier molecular flexibility index (Phi) is 4.50.